The van der Waals surface area contributed by atoms with Gasteiger partial charge in [0.2, 0.25) is 5.88 Å². The predicted octanol–water partition coefficient (Wildman–Crippen LogP) is 4.44. The van der Waals surface area contributed by atoms with Gasteiger partial charge in [-0.3, -0.25) is 9.48 Å². The number of ether oxygens (including phenoxy) is 1. The highest BCUT2D eigenvalue weighted by Gasteiger charge is 2.35. The van der Waals surface area contributed by atoms with E-state index in [1.54, 1.807) is 12.1 Å². The molecule has 1 aromatic carbocycles. The summed E-state index contributed by atoms with van der Waals surface area (Å²) in [5, 5.41) is 6.56. The number of aryl methyl sites for hydroxylation is 2. The quantitative estimate of drug-likeness (QED) is 0.680. The van der Waals surface area contributed by atoms with Crippen molar-refractivity contribution in [2.45, 2.75) is 32.9 Å². The van der Waals surface area contributed by atoms with Crippen molar-refractivity contribution < 1.29 is 22.7 Å². The second kappa shape index (κ2) is 7.73. The van der Waals surface area contributed by atoms with Gasteiger partial charge in [-0.2, -0.15) is 23.3 Å². The first kappa shape index (κ1) is 20.6. The number of halogens is 3. The molecule has 154 valence electrons. The van der Waals surface area contributed by atoms with E-state index in [9.17, 15) is 18.0 Å². The minimum Gasteiger partial charge on any atom is -0.467 e. The Morgan fingerprint density at radius 1 is 1.24 bits per heavy atom. The summed E-state index contributed by atoms with van der Waals surface area (Å²) in [6, 6.07) is 8.12. The molecule has 0 bridgehead atoms. The first-order chi connectivity index (χ1) is 13.6. The topological polar surface area (TPSA) is 69.0 Å². The van der Waals surface area contributed by atoms with Gasteiger partial charge in [-0.15, -0.1) is 0 Å². The van der Waals surface area contributed by atoms with E-state index in [2.05, 4.69) is 29.2 Å². The van der Waals surface area contributed by atoms with Crippen molar-refractivity contribution in [1.29, 1.82) is 0 Å². The molecule has 0 unspecified atom stereocenters. The molecule has 0 aliphatic rings. The lowest BCUT2D eigenvalue weighted by molar-refractivity contribution is -0.136. The Kier molecular flexibility index (Phi) is 5.50. The maximum atomic E-state index is 13.5. The van der Waals surface area contributed by atoms with Gasteiger partial charge in [0.1, 0.15) is 0 Å². The highest BCUT2D eigenvalue weighted by molar-refractivity contribution is 5.92. The highest BCUT2D eigenvalue weighted by Crippen LogP contribution is 2.37. The number of carbonyl (C=O) groups excluding carboxylic acids is 1. The molecule has 0 atom stereocenters. The average molecular weight is 406 g/mol. The molecule has 0 radical (unpaired) electrons. The summed E-state index contributed by atoms with van der Waals surface area (Å²) >= 11 is 0. The minimum atomic E-state index is -4.60. The van der Waals surface area contributed by atoms with E-state index in [1.807, 2.05) is 12.1 Å². The zero-order valence-electron chi connectivity index (χ0n) is 16.5. The smallest absolute Gasteiger partial charge is 0.417 e. The number of nitrogens with zero attached hydrogens (tertiary/aromatic N) is 3. The number of carbonyl (C=O) groups is 1. The van der Waals surface area contributed by atoms with Crippen LogP contribution in [0.3, 0.4) is 0 Å². The predicted molar refractivity (Wildman–Crippen MR) is 103 cm³/mol. The van der Waals surface area contributed by atoms with E-state index in [4.69, 9.17) is 4.74 Å². The third-order valence-electron chi connectivity index (χ3n) is 4.46. The molecule has 0 spiro atoms. The molecule has 1 N–H and O–H groups in total. The molecule has 2 heterocycles. The number of anilines is 1. The number of benzene rings is 1. The summed E-state index contributed by atoms with van der Waals surface area (Å²) in [7, 11) is 1.50. The van der Waals surface area contributed by atoms with E-state index in [1.165, 1.54) is 18.7 Å². The van der Waals surface area contributed by atoms with Crippen LogP contribution in [0.5, 0.6) is 5.88 Å². The number of hydrogen-bond acceptors (Lipinski definition) is 4. The fourth-order valence-electron chi connectivity index (χ4n) is 3.01. The molecule has 0 fully saturated rings. The number of fused-ring (bicyclic) bond motifs is 1. The van der Waals surface area contributed by atoms with Gasteiger partial charge >= 0.3 is 6.18 Å². The lowest BCUT2D eigenvalue weighted by atomic mass is 10.0. The number of hydrogen-bond donors (Lipinski definition) is 1. The Morgan fingerprint density at radius 2 is 1.90 bits per heavy atom. The number of pyridine rings is 1. The maximum Gasteiger partial charge on any atom is 0.417 e. The van der Waals surface area contributed by atoms with Crippen LogP contribution >= 0.6 is 0 Å². The standard InChI is InChI=1S/C20H21F3N4O2/c1-11(2)13-5-7-14(8-6-13)24-16(28)10-29-17-9-15(20(21,22)23)18-12(3)26-27(4)19(18)25-17/h5-9,11H,10H2,1-4H3,(H,24,28). The molecule has 0 saturated carbocycles. The molecular weight excluding hydrogens is 385 g/mol. The Balaban J connectivity index is 1.76. The Labute approximate surface area is 165 Å². The van der Waals surface area contributed by atoms with E-state index >= 15 is 0 Å². The van der Waals surface area contributed by atoms with Crippen molar-refractivity contribution in [3.63, 3.8) is 0 Å². The summed E-state index contributed by atoms with van der Waals surface area (Å²) in [6.45, 7) is 5.13. The lowest BCUT2D eigenvalue weighted by Gasteiger charge is -2.12. The Morgan fingerprint density at radius 3 is 2.48 bits per heavy atom. The molecule has 6 nitrogen and oxygen atoms in total. The van der Waals surface area contributed by atoms with Crippen molar-refractivity contribution in [3.8, 4) is 5.88 Å². The number of aromatic nitrogens is 3. The molecule has 2 aromatic heterocycles. The van der Waals surface area contributed by atoms with Gasteiger partial charge in [0.25, 0.3) is 5.91 Å². The summed E-state index contributed by atoms with van der Waals surface area (Å²) < 4.78 is 46.9. The monoisotopic (exact) mass is 406 g/mol. The van der Waals surface area contributed by atoms with Crippen LogP contribution in [0.15, 0.2) is 30.3 Å². The van der Waals surface area contributed by atoms with Crippen molar-refractivity contribution in [3.05, 3.63) is 47.2 Å². The first-order valence-corrected chi connectivity index (χ1v) is 9.00. The van der Waals surface area contributed by atoms with E-state index in [-0.39, 0.29) is 22.6 Å². The van der Waals surface area contributed by atoms with Gasteiger partial charge in [-0.05, 0) is 30.5 Å². The number of amides is 1. The third kappa shape index (κ3) is 4.49. The fourth-order valence-corrected chi connectivity index (χ4v) is 3.01. The lowest BCUT2D eigenvalue weighted by Crippen LogP contribution is -2.20. The van der Waals surface area contributed by atoms with Crippen LogP contribution in [0.2, 0.25) is 0 Å². The van der Waals surface area contributed by atoms with Gasteiger partial charge in [0.15, 0.2) is 12.3 Å². The molecule has 29 heavy (non-hydrogen) atoms. The maximum absolute atomic E-state index is 13.5. The van der Waals surface area contributed by atoms with Crippen LogP contribution < -0.4 is 10.1 Å². The van der Waals surface area contributed by atoms with E-state index in [0.29, 0.717) is 11.6 Å². The van der Waals surface area contributed by atoms with Crippen LogP contribution in [0.4, 0.5) is 18.9 Å². The summed E-state index contributed by atoms with van der Waals surface area (Å²) in [4.78, 5) is 16.2. The van der Waals surface area contributed by atoms with Crippen LogP contribution in [0, 0.1) is 6.92 Å². The molecule has 0 saturated heterocycles. The molecule has 0 aliphatic carbocycles. The Bertz CT molecular complexity index is 1040. The number of alkyl halides is 3. The van der Waals surface area contributed by atoms with Gasteiger partial charge in [-0.1, -0.05) is 26.0 Å². The molecule has 3 aromatic rings. The molecule has 1 amide bonds. The van der Waals surface area contributed by atoms with Crippen molar-refractivity contribution in [2.24, 2.45) is 7.05 Å². The molecule has 3 rings (SSSR count). The molecular formula is C20H21F3N4O2. The fraction of sp³-hybridized carbons (Fsp3) is 0.350. The number of rotatable bonds is 5. The normalized spacial score (nSPS) is 11.9. The second-order valence-corrected chi connectivity index (χ2v) is 7.03. The van der Waals surface area contributed by atoms with Gasteiger partial charge in [0.05, 0.1) is 16.6 Å². The molecule has 9 heteroatoms. The van der Waals surface area contributed by atoms with Gasteiger partial charge in [-0.25, -0.2) is 0 Å². The van der Waals surface area contributed by atoms with Crippen molar-refractivity contribution >= 4 is 22.6 Å². The minimum absolute atomic E-state index is 0.0389. The van der Waals surface area contributed by atoms with Crippen LogP contribution in [-0.4, -0.2) is 27.3 Å². The SMILES string of the molecule is Cc1nn(C)c2nc(OCC(=O)Nc3ccc(C(C)C)cc3)cc(C(F)(F)F)c12. The largest absolute Gasteiger partial charge is 0.467 e. The van der Waals surface area contributed by atoms with E-state index in [0.717, 1.165) is 11.6 Å². The van der Waals surface area contributed by atoms with E-state index < -0.39 is 24.3 Å². The highest BCUT2D eigenvalue weighted by atomic mass is 19.4. The van der Waals surface area contributed by atoms with Crippen LogP contribution in [-0.2, 0) is 18.0 Å². The zero-order valence-corrected chi connectivity index (χ0v) is 16.5. The van der Waals surface area contributed by atoms with Crippen LogP contribution in [0.1, 0.15) is 36.6 Å². The van der Waals surface area contributed by atoms with Crippen molar-refractivity contribution in [2.75, 3.05) is 11.9 Å². The molecule has 0 aliphatic heterocycles. The summed E-state index contributed by atoms with van der Waals surface area (Å²) in [5.74, 6) is -0.431. The third-order valence-corrected chi connectivity index (χ3v) is 4.46. The second-order valence-electron chi connectivity index (χ2n) is 7.03. The first-order valence-electron chi connectivity index (χ1n) is 9.00. The Hall–Kier alpha value is -3.10. The number of nitrogens with one attached hydrogen (secondary N) is 1. The van der Waals surface area contributed by atoms with Crippen LogP contribution in [0.25, 0.3) is 11.0 Å². The van der Waals surface area contributed by atoms with Gasteiger partial charge < -0.3 is 10.1 Å². The van der Waals surface area contributed by atoms with Crippen molar-refractivity contribution in [1.82, 2.24) is 14.8 Å². The zero-order chi connectivity index (χ0) is 21.3. The summed E-state index contributed by atoms with van der Waals surface area (Å²) in [6.07, 6.45) is -4.60. The van der Waals surface area contributed by atoms with Gasteiger partial charge in [0, 0.05) is 18.8 Å². The average Bonchev–Trinajstić information content (AvgIpc) is 2.93. The summed E-state index contributed by atoms with van der Waals surface area (Å²) in [5.41, 5.74) is 1.06.